The van der Waals surface area contributed by atoms with Crippen molar-refractivity contribution in [2.75, 3.05) is 20.6 Å². The SMILES string of the molecule is CNC(=O)CN(C)[C@@H]1CCc2ccccc21. The third-order valence-electron chi connectivity index (χ3n) is 3.31. The monoisotopic (exact) mass is 218 g/mol. The van der Waals surface area contributed by atoms with Crippen LogP contribution in [0.1, 0.15) is 23.6 Å². The number of nitrogens with zero attached hydrogens (tertiary/aromatic N) is 1. The van der Waals surface area contributed by atoms with Crippen LogP contribution in [0.15, 0.2) is 24.3 Å². The zero-order valence-electron chi connectivity index (χ0n) is 9.86. The van der Waals surface area contributed by atoms with Gasteiger partial charge < -0.3 is 5.32 Å². The number of aryl methyl sites for hydroxylation is 1. The van der Waals surface area contributed by atoms with E-state index in [1.165, 1.54) is 11.1 Å². The van der Waals surface area contributed by atoms with Gasteiger partial charge in [0.05, 0.1) is 6.54 Å². The predicted molar refractivity (Wildman–Crippen MR) is 64.2 cm³/mol. The van der Waals surface area contributed by atoms with Crippen molar-refractivity contribution in [1.29, 1.82) is 0 Å². The molecule has 3 nitrogen and oxygen atoms in total. The molecule has 0 radical (unpaired) electrons. The maximum absolute atomic E-state index is 11.3. The first-order valence-corrected chi connectivity index (χ1v) is 5.71. The van der Waals surface area contributed by atoms with E-state index in [9.17, 15) is 4.79 Å². The van der Waals surface area contributed by atoms with Crippen LogP contribution in [0.25, 0.3) is 0 Å². The van der Waals surface area contributed by atoms with Crippen molar-refractivity contribution in [3.05, 3.63) is 35.4 Å². The van der Waals surface area contributed by atoms with E-state index in [-0.39, 0.29) is 5.91 Å². The second-order valence-electron chi connectivity index (χ2n) is 4.34. The van der Waals surface area contributed by atoms with Gasteiger partial charge in [-0.1, -0.05) is 24.3 Å². The first-order valence-electron chi connectivity index (χ1n) is 5.71. The van der Waals surface area contributed by atoms with E-state index in [0.717, 1.165) is 12.8 Å². The molecule has 0 heterocycles. The highest BCUT2D eigenvalue weighted by Crippen LogP contribution is 2.34. The van der Waals surface area contributed by atoms with Crippen molar-refractivity contribution in [3.8, 4) is 0 Å². The molecule has 1 aromatic carbocycles. The van der Waals surface area contributed by atoms with Gasteiger partial charge in [-0.25, -0.2) is 0 Å². The van der Waals surface area contributed by atoms with Crippen LogP contribution in [0, 0.1) is 0 Å². The highest BCUT2D eigenvalue weighted by molar-refractivity contribution is 5.77. The molecule has 3 heteroatoms. The fourth-order valence-corrected chi connectivity index (χ4v) is 2.41. The summed E-state index contributed by atoms with van der Waals surface area (Å²) in [6.07, 6.45) is 2.24. The maximum atomic E-state index is 11.3. The van der Waals surface area contributed by atoms with Gasteiger partial charge in [-0.3, -0.25) is 9.69 Å². The summed E-state index contributed by atoms with van der Waals surface area (Å²) in [5.41, 5.74) is 2.81. The molecule has 0 aliphatic heterocycles. The highest BCUT2D eigenvalue weighted by Gasteiger charge is 2.25. The maximum Gasteiger partial charge on any atom is 0.233 e. The summed E-state index contributed by atoms with van der Waals surface area (Å²) < 4.78 is 0. The zero-order valence-corrected chi connectivity index (χ0v) is 9.86. The molecule has 0 bridgehead atoms. The van der Waals surface area contributed by atoms with Crippen LogP contribution in [0.4, 0.5) is 0 Å². The second kappa shape index (κ2) is 4.66. The van der Waals surface area contributed by atoms with E-state index in [4.69, 9.17) is 0 Å². The molecule has 0 aromatic heterocycles. The smallest absolute Gasteiger partial charge is 0.233 e. The summed E-state index contributed by atoms with van der Waals surface area (Å²) in [7, 11) is 3.70. The molecular formula is C13H18N2O. The number of likely N-dealkylation sites (N-methyl/N-ethyl adjacent to an activating group) is 2. The molecule has 16 heavy (non-hydrogen) atoms. The number of rotatable bonds is 3. The molecule has 0 fully saturated rings. The summed E-state index contributed by atoms with van der Waals surface area (Å²) >= 11 is 0. The van der Waals surface area contributed by atoms with Crippen LogP contribution in [0.2, 0.25) is 0 Å². The van der Waals surface area contributed by atoms with Gasteiger partial charge in [0.1, 0.15) is 0 Å². The Morgan fingerprint density at radius 3 is 3.00 bits per heavy atom. The molecule has 1 aliphatic rings. The van der Waals surface area contributed by atoms with Crippen LogP contribution in [-0.2, 0) is 11.2 Å². The Morgan fingerprint density at radius 1 is 1.50 bits per heavy atom. The van der Waals surface area contributed by atoms with Gasteiger partial charge in [-0.15, -0.1) is 0 Å². The number of hydrogen-bond acceptors (Lipinski definition) is 2. The van der Waals surface area contributed by atoms with Crippen molar-refractivity contribution in [2.24, 2.45) is 0 Å². The lowest BCUT2D eigenvalue weighted by Crippen LogP contribution is -2.34. The summed E-state index contributed by atoms with van der Waals surface area (Å²) in [5.74, 6) is 0.0758. The number of carbonyl (C=O) groups excluding carboxylic acids is 1. The van der Waals surface area contributed by atoms with Gasteiger partial charge >= 0.3 is 0 Å². The van der Waals surface area contributed by atoms with Crippen molar-refractivity contribution in [1.82, 2.24) is 10.2 Å². The van der Waals surface area contributed by atoms with Gasteiger partial charge in [-0.05, 0) is 31.0 Å². The predicted octanol–water partition coefficient (Wildman–Crippen LogP) is 1.35. The Morgan fingerprint density at radius 2 is 2.25 bits per heavy atom. The minimum Gasteiger partial charge on any atom is -0.358 e. The molecule has 1 aromatic rings. The molecule has 0 saturated heterocycles. The number of benzene rings is 1. The van der Waals surface area contributed by atoms with Crippen LogP contribution >= 0.6 is 0 Å². The van der Waals surface area contributed by atoms with Gasteiger partial charge in [-0.2, -0.15) is 0 Å². The number of carbonyl (C=O) groups is 1. The number of fused-ring (bicyclic) bond motifs is 1. The molecular weight excluding hydrogens is 200 g/mol. The van der Waals surface area contributed by atoms with E-state index >= 15 is 0 Å². The molecule has 0 saturated carbocycles. The zero-order chi connectivity index (χ0) is 11.5. The quantitative estimate of drug-likeness (QED) is 0.830. The molecule has 86 valence electrons. The molecule has 1 N–H and O–H groups in total. The molecule has 1 aliphatic carbocycles. The van der Waals surface area contributed by atoms with E-state index in [1.807, 2.05) is 7.05 Å². The number of amides is 1. The average molecular weight is 218 g/mol. The standard InChI is InChI=1S/C13H18N2O/c1-14-13(16)9-15(2)12-8-7-10-5-3-4-6-11(10)12/h3-6,12H,7-9H2,1-2H3,(H,14,16)/t12-/m1/s1. The van der Waals surface area contributed by atoms with Crippen LogP contribution < -0.4 is 5.32 Å². The summed E-state index contributed by atoms with van der Waals surface area (Å²) in [5, 5.41) is 2.66. The summed E-state index contributed by atoms with van der Waals surface area (Å²) in [4.78, 5) is 13.5. The van der Waals surface area contributed by atoms with E-state index in [1.54, 1.807) is 7.05 Å². The first-order chi connectivity index (χ1) is 7.72. The Balaban J connectivity index is 2.10. The Hall–Kier alpha value is -1.35. The lowest BCUT2D eigenvalue weighted by Gasteiger charge is -2.24. The molecule has 1 amide bonds. The van der Waals surface area contributed by atoms with Crippen molar-refractivity contribution < 1.29 is 4.79 Å². The van der Waals surface area contributed by atoms with Crippen LogP contribution in [-0.4, -0.2) is 31.4 Å². The first kappa shape index (κ1) is 11.1. The minimum absolute atomic E-state index is 0.0758. The molecule has 1 atom stereocenters. The van der Waals surface area contributed by atoms with Crippen molar-refractivity contribution in [2.45, 2.75) is 18.9 Å². The Kier molecular flexibility index (Phi) is 3.25. The fraction of sp³-hybridized carbons (Fsp3) is 0.462. The third-order valence-corrected chi connectivity index (χ3v) is 3.31. The van der Waals surface area contributed by atoms with Gasteiger partial charge in [0, 0.05) is 13.1 Å². The van der Waals surface area contributed by atoms with Crippen molar-refractivity contribution >= 4 is 5.91 Å². The average Bonchev–Trinajstić information content (AvgIpc) is 2.72. The summed E-state index contributed by atoms with van der Waals surface area (Å²) in [6.45, 7) is 0.468. The highest BCUT2D eigenvalue weighted by atomic mass is 16.1. The Bertz CT molecular complexity index is 389. The van der Waals surface area contributed by atoms with Crippen LogP contribution in [0.3, 0.4) is 0 Å². The van der Waals surface area contributed by atoms with Gasteiger partial charge in [0.2, 0.25) is 5.91 Å². The summed E-state index contributed by atoms with van der Waals surface area (Å²) in [6, 6.07) is 8.91. The van der Waals surface area contributed by atoms with Crippen LogP contribution in [0.5, 0.6) is 0 Å². The largest absolute Gasteiger partial charge is 0.358 e. The van der Waals surface area contributed by atoms with E-state index in [0.29, 0.717) is 12.6 Å². The molecule has 0 unspecified atom stereocenters. The number of hydrogen-bond donors (Lipinski definition) is 1. The topological polar surface area (TPSA) is 32.3 Å². The lowest BCUT2D eigenvalue weighted by atomic mass is 10.1. The normalized spacial score (nSPS) is 18.6. The second-order valence-corrected chi connectivity index (χ2v) is 4.34. The fourth-order valence-electron chi connectivity index (χ4n) is 2.41. The van der Waals surface area contributed by atoms with Crippen molar-refractivity contribution in [3.63, 3.8) is 0 Å². The molecule has 2 rings (SSSR count). The lowest BCUT2D eigenvalue weighted by molar-refractivity contribution is -0.121. The molecule has 0 spiro atoms. The van der Waals surface area contributed by atoms with Gasteiger partial charge in [0.15, 0.2) is 0 Å². The third kappa shape index (κ3) is 2.09. The number of nitrogens with one attached hydrogen (secondary N) is 1. The van der Waals surface area contributed by atoms with Gasteiger partial charge in [0.25, 0.3) is 0 Å². The van der Waals surface area contributed by atoms with E-state index < -0.39 is 0 Å². The minimum atomic E-state index is 0.0758. The van der Waals surface area contributed by atoms with E-state index in [2.05, 4.69) is 34.5 Å². The Labute approximate surface area is 96.5 Å².